The van der Waals surface area contributed by atoms with Gasteiger partial charge in [-0.05, 0) is 25.7 Å². The number of nitrogens with one attached hydrogen (secondary N) is 1. The van der Waals surface area contributed by atoms with Crippen molar-refractivity contribution in [3.8, 4) is 0 Å². The Morgan fingerprint density at radius 3 is 2.48 bits per heavy atom. The molecule has 1 saturated heterocycles. The van der Waals surface area contributed by atoms with Crippen LogP contribution in [0.5, 0.6) is 0 Å². The average Bonchev–Trinajstić information content (AvgIpc) is 2.99. The summed E-state index contributed by atoms with van der Waals surface area (Å²) in [6, 6.07) is 0. The standard InChI is InChI=1S/C19H29N3O2S/c1-19(2,3)18(24)22-9-7-14(8-10-22)17-21-15(12-25-17)11-20-16(23)13-5-4-6-13/h12-14H,4-11H2,1-3H3,(H,20,23). The van der Waals surface area contributed by atoms with Gasteiger partial charge < -0.3 is 10.2 Å². The summed E-state index contributed by atoms with van der Waals surface area (Å²) in [6.45, 7) is 8.10. The lowest BCUT2D eigenvalue weighted by Crippen LogP contribution is -2.43. The first kappa shape index (κ1) is 18.4. The van der Waals surface area contributed by atoms with Crippen LogP contribution < -0.4 is 5.32 Å². The fraction of sp³-hybridized carbons (Fsp3) is 0.737. The van der Waals surface area contributed by atoms with Gasteiger partial charge in [-0.25, -0.2) is 4.98 Å². The van der Waals surface area contributed by atoms with E-state index in [2.05, 4.69) is 10.7 Å². The molecule has 1 saturated carbocycles. The predicted molar refractivity (Wildman–Crippen MR) is 99.3 cm³/mol. The van der Waals surface area contributed by atoms with Crippen LogP contribution in [0.4, 0.5) is 0 Å². The van der Waals surface area contributed by atoms with E-state index in [0.29, 0.717) is 12.5 Å². The Kier molecular flexibility index (Phi) is 5.46. The molecule has 138 valence electrons. The number of carbonyl (C=O) groups excluding carboxylic acids is 2. The first-order valence-electron chi connectivity index (χ1n) is 9.36. The van der Waals surface area contributed by atoms with Crippen molar-refractivity contribution in [2.24, 2.45) is 11.3 Å². The molecule has 2 fully saturated rings. The van der Waals surface area contributed by atoms with E-state index in [1.165, 1.54) is 6.42 Å². The minimum atomic E-state index is -0.306. The molecule has 2 amide bonds. The molecule has 2 heterocycles. The maximum atomic E-state index is 12.4. The van der Waals surface area contributed by atoms with E-state index < -0.39 is 0 Å². The van der Waals surface area contributed by atoms with Crippen LogP contribution in [0.15, 0.2) is 5.38 Å². The number of thiazole rings is 1. The highest BCUT2D eigenvalue weighted by molar-refractivity contribution is 7.09. The van der Waals surface area contributed by atoms with E-state index in [1.54, 1.807) is 11.3 Å². The molecule has 1 aromatic heterocycles. The molecule has 1 aliphatic carbocycles. The Balaban J connectivity index is 1.48. The minimum Gasteiger partial charge on any atom is -0.350 e. The van der Waals surface area contributed by atoms with E-state index in [9.17, 15) is 9.59 Å². The van der Waals surface area contributed by atoms with Crippen LogP contribution in [0.1, 0.15) is 69.5 Å². The lowest BCUT2D eigenvalue weighted by molar-refractivity contribution is -0.140. The van der Waals surface area contributed by atoms with Crippen molar-refractivity contribution in [3.05, 3.63) is 16.1 Å². The van der Waals surface area contributed by atoms with Crippen LogP contribution in [0.25, 0.3) is 0 Å². The lowest BCUT2D eigenvalue weighted by atomic mass is 9.85. The summed E-state index contributed by atoms with van der Waals surface area (Å²) in [4.78, 5) is 31.0. The van der Waals surface area contributed by atoms with Gasteiger partial charge in [-0.3, -0.25) is 9.59 Å². The van der Waals surface area contributed by atoms with Gasteiger partial charge in [0.1, 0.15) is 0 Å². The maximum Gasteiger partial charge on any atom is 0.227 e. The lowest BCUT2D eigenvalue weighted by Gasteiger charge is -2.35. The third-order valence-corrected chi connectivity index (χ3v) is 6.32. The van der Waals surface area contributed by atoms with Crippen LogP contribution >= 0.6 is 11.3 Å². The van der Waals surface area contributed by atoms with Gasteiger partial charge in [-0.15, -0.1) is 11.3 Å². The van der Waals surface area contributed by atoms with Crippen molar-refractivity contribution in [1.82, 2.24) is 15.2 Å². The molecule has 0 bridgehead atoms. The first-order chi connectivity index (χ1) is 11.8. The van der Waals surface area contributed by atoms with Crippen molar-refractivity contribution in [3.63, 3.8) is 0 Å². The molecule has 6 heteroatoms. The van der Waals surface area contributed by atoms with Gasteiger partial charge in [0.15, 0.2) is 0 Å². The Labute approximate surface area is 154 Å². The van der Waals surface area contributed by atoms with Crippen LogP contribution in [0, 0.1) is 11.3 Å². The van der Waals surface area contributed by atoms with Crippen molar-refractivity contribution in [2.45, 2.75) is 65.3 Å². The quantitative estimate of drug-likeness (QED) is 0.893. The molecule has 1 aromatic rings. The van der Waals surface area contributed by atoms with Crippen molar-refractivity contribution in [1.29, 1.82) is 0 Å². The zero-order valence-corrected chi connectivity index (χ0v) is 16.3. The Hall–Kier alpha value is -1.43. The van der Waals surface area contributed by atoms with Crippen molar-refractivity contribution >= 4 is 23.2 Å². The van der Waals surface area contributed by atoms with E-state index in [-0.39, 0.29) is 23.1 Å². The van der Waals surface area contributed by atoms with E-state index in [1.807, 2.05) is 25.7 Å². The van der Waals surface area contributed by atoms with Gasteiger partial charge in [0.25, 0.3) is 0 Å². The van der Waals surface area contributed by atoms with Crippen LogP contribution in [-0.4, -0.2) is 34.8 Å². The van der Waals surface area contributed by atoms with Crippen LogP contribution in [0.3, 0.4) is 0 Å². The Morgan fingerprint density at radius 2 is 1.92 bits per heavy atom. The van der Waals surface area contributed by atoms with Crippen molar-refractivity contribution < 1.29 is 9.59 Å². The average molecular weight is 364 g/mol. The molecule has 0 radical (unpaired) electrons. The molecular formula is C19H29N3O2S. The van der Waals surface area contributed by atoms with Gasteiger partial charge in [0.2, 0.25) is 11.8 Å². The summed E-state index contributed by atoms with van der Waals surface area (Å²) in [6.07, 6.45) is 5.18. The summed E-state index contributed by atoms with van der Waals surface area (Å²) in [5.41, 5.74) is 0.653. The molecule has 0 aromatic carbocycles. The third-order valence-electron chi connectivity index (χ3n) is 5.26. The second-order valence-electron chi connectivity index (χ2n) is 8.34. The van der Waals surface area contributed by atoms with Gasteiger partial charge in [-0.2, -0.15) is 0 Å². The number of amides is 2. The fourth-order valence-electron chi connectivity index (χ4n) is 3.39. The molecule has 1 N–H and O–H groups in total. The summed E-state index contributed by atoms with van der Waals surface area (Å²) >= 11 is 1.69. The number of carbonyl (C=O) groups is 2. The third kappa shape index (κ3) is 4.40. The van der Waals surface area contributed by atoms with E-state index >= 15 is 0 Å². The normalized spacial score (nSPS) is 19.6. The van der Waals surface area contributed by atoms with Crippen LogP contribution in [0.2, 0.25) is 0 Å². The largest absolute Gasteiger partial charge is 0.350 e. The van der Waals surface area contributed by atoms with E-state index in [0.717, 1.165) is 49.5 Å². The highest BCUT2D eigenvalue weighted by Crippen LogP contribution is 2.32. The summed E-state index contributed by atoms with van der Waals surface area (Å²) < 4.78 is 0. The van der Waals surface area contributed by atoms with Crippen molar-refractivity contribution in [2.75, 3.05) is 13.1 Å². The molecule has 0 atom stereocenters. The number of likely N-dealkylation sites (tertiary alicyclic amines) is 1. The van der Waals surface area contributed by atoms with Gasteiger partial charge >= 0.3 is 0 Å². The molecule has 25 heavy (non-hydrogen) atoms. The SMILES string of the molecule is CC(C)(C)C(=O)N1CCC(c2nc(CNC(=O)C3CCC3)cs2)CC1. The number of rotatable bonds is 4. The summed E-state index contributed by atoms with van der Waals surface area (Å²) in [7, 11) is 0. The highest BCUT2D eigenvalue weighted by atomic mass is 32.1. The topological polar surface area (TPSA) is 62.3 Å². The summed E-state index contributed by atoms with van der Waals surface area (Å²) in [5.74, 6) is 1.08. The maximum absolute atomic E-state index is 12.4. The van der Waals surface area contributed by atoms with Gasteiger partial charge in [0.05, 0.1) is 17.2 Å². The second-order valence-corrected chi connectivity index (χ2v) is 9.23. The number of hydrogen-bond acceptors (Lipinski definition) is 4. The molecule has 1 aliphatic heterocycles. The molecule has 0 spiro atoms. The zero-order valence-electron chi connectivity index (χ0n) is 15.5. The molecule has 5 nitrogen and oxygen atoms in total. The van der Waals surface area contributed by atoms with E-state index in [4.69, 9.17) is 4.98 Å². The molecule has 3 rings (SSSR count). The highest BCUT2D eigenvalue weighted by Gasteiger charge is 2.31. The Bertz CT molecular complexity index is 623. The fourth-order valence-corrected chi connectivity index (χ4v) is 4.38. The number of hydrogen-bond donors (Lipinski definition) is 1. The number of aromatic nitrogens is 1. The zero-order chi connectivity index (χ0) is 18.0. The number of piperidine rings is 1. The molecule has 2 aliphatic rings. The van der Waals surface area contributed by atoms with Gasteiger partial charge in [0, 0.05) is 35.7 Å². The van der Waals surface area contributed by atoms with Crippen LogP contribution in [-0.2, 0) is 16.1 Å². The smallest absolute Gasteiger partial charge is 0.227 e. The predicted octanol–water partition coefficient (Wildman–Crippen LogP) is 3.31. The second kappa shape index (κ2) is 7.44. The summed E-state index contributed by atoms with van der Waals surface area (Å²) in [5, 5.41) is 6.22. The number of nitrogens with zero attached hydrogens (tertiary/aromatic N) is 2. The Morgan fingerprint density at radius 1 is 1.24 bits per heavy atom. The molecular weight excluding hydrogens is 334 g/mol. The minimum absolute atomic E-state index is 0.176. The first-order valence-corrected chi connectivity index (χ1v) is 10.2. The molecule has 0 unspecified atom stereocenters. The van der Waals surface area contributed by atoms with Gasteiger partial charge in [-0.1, -0.05) is 27.2 Å². The monoisotopic (exact) mass is 363 g/mol.